The largest absolute Gasteiger partial charge is 0.311 e. The van der Waals surface area contributed by atoms with Gasteiger partial charge in [-0.3, -0.25) is 0 Å². The molecule has 0 aliphatic carbocycles. The molecule has 0 spiro atoms. The van der Waals surface area contributed by atoms with Gasteiger partial charge in [-0.05, 0) is 24.7 Å². The highest BCUT2D eigenvalue weighted by molar-refractivity contribution is 9.10. The Kier molecular flexibility index (Phi) is 3.69. The standard InChI is InChI=1S/C9H11BrFN/c1-12-9(6-11)7-2-4-8(10)5-3-7/h2-5,9,12H,6H2,1H3. The van der Waals surface area contributed by atoms with Crippen LogP contribution >= 0.6 is 15.9 Å². The highest BCUT2D eigenvalue weighted by Gasteiger charge is 2.06. The smallest absolute Gasteiger partial charge is 0.109 e. The summed E-state index contributed by atoms with van der Waals surface area (Å²) in [5.41, 5.74) is 0.975. The first-order valence-corrected chi connectivity index (χ1v) is 4.56. The summed E-state index contributed by atoms with van der Waals surface area (Å²) in [6, 6.07) is 7.46. The van der Waals surface area contributed by atoms with Crippen molar-refractivity contribution in [2.75, 3.05) is 13.7 Å². The topological polar surface area (TPSA) is 12.0 Å². The first kappa shape index (κ1) is 9.68. The molecule has 1 nitrogen and oxygen atoms in total. The van der Waals surface area contributed by atoms with E-state index in [1.54, 1.807) is 7.05 Å². The lowest BCUT2D eigenvalue weighted by molar-refractivity contribution is 0.400. The summed E-state index contributed by atoms with van der Waals surface area (Å²) in [6.07, 6.45) is 0. The molecule has 0 aliphatic heterocycles. The van der Waals surface area contributed by atoms with Gasteiger partial charge in [-0.15, -0.1) is 0 Å². The molecule has 0 aliphatic rings. The van der Waals surface area contributed by atoms with Gasteiger partial charge in [0.05, 0.1) is 6.04 Å². The number of rotatable bonds is 3. The van der Waals surface area contributed by atoms with Gasteiger partial charge in [-0.25, -0.2) is 4.39 Å². The summed E-state index contributed by atoms with van der Waals surface area (Å²) < 4.78 is 13.4. The summed E-state index contributed by atoms with van der Waals surface area (Å²) >= 11 is 3.32. The zero-order valence-corrected chi connectivity index (χ0v) is 8.44. The van der Waals surface area contributed by atoms with E-state index in [-0.39, 0.29) is 12.7 Å². The van der Waals surface area contributed by atoms with Crippen molar-refractivity contribution in [3.05, 3.63) is 34.3 Å². The van der Waals surface area contributed by atoms with Crippen molar-refractivity contribution < 1.29 is 4.39 Å². The number of hydrogen-bond donors (Lipinski definition) is 1. The third-order valence-corrected chi connectivity index (χ3v) is 2.30. The molecule has 1 N–H and O–H groups in total. The average Bonchev–Trinajstić information content (AvgIpc) is 2.10. The average molecular weight is 232 g/mol. The Bertz CT molecular complexity index is 231. The predicted octanol–water partition coefficient (Wildman–Crippen LogP) is 2.68. The summed E-state index contributed by atoms with van der Waals surface area (Å²) in [6.45, 7) is -0.377. The maximum atomic E-state index is 12.4. The Hall–Kier alpha value is -0.410. The molecule has 0 radical (unpaired) electrons. The van der Waals surface area contributed by atoms with E-state index in [4.69, 9.17) is 0 Å². The molecular weight excluding hydrogens is 221 g/mol. The Morgan fingerprint density at radius 1 is 1.42 bits per heavy atom. The predicted molar refractivity (Wildman–Crippen MR) is 51.9 cm³/mol. The molecule has 1 aromatic rings. The molecule has 1 unspecified atom stereocenters. The Balaban J connectivity index is 2.80. The number of nitrogens with one attached hydrogen (secondary N) is 1. The van der Waals surface area contributed by atoms with E-state index in [9.17, 15) is 4.39 Å². The van der Waals surface area contributed by atoms with Crippen molar-refractivity contribution in [2.45, 2.75) is 6.04 Å². The minimum Gasteiger partial charge on any atom is -0.311 e. The lowest BCUT2D eigenvalue weighted by Crippen LogP contribution is -2.17. The van der Waals surface area contributed by atoms with Gasteiger partial charge < -0.3 is 5.32 Å². The maximum Gasteiger partial charge on any atom is 0.109 e. The molecule has 0 saturated carbocycles. The molecule has 0 saturated heterocycles. The second kappa shape index (κ2) is 4.58. The number of hydrogen-bond acceptors (Lipinski definition) is 1. The normalized spacial score (nSPS) is 12.9. The first-order chi connectivity index (χ1) is 5.77. The van der Waals surface area contributed by atoms with Crippen molar-refractivity contribution in [1.82, 2.24) is 5.32 Å². The van der Waals surface area contributed by atoms with Gasteiger partial charge in [0.25, 0.3) is 0 Å². The summed E-state index contributed by atoms with van der Waals surface area (Å²) in [5, 5.41) is 2.90. The third kappa shape index (κ3) is 2.29. The SMILES string of the molecule is CNC(CF)c1ccc(Br)cc1. The third-order valence-electron chi connectivity index (χ3n) is 1.78. The summed E-state index contributed by atoms with van der Waals surface area (Å²) in [5.74, 6) is 0. The van der Waals surface area contributed by atoms with Crippen LogP contribution in [0.25, 0.3) is 0 Å². The number of benzene rings is 1. The van der Waals surface area contributed by atoms with Crippen LogP contribution in [0.1, 0.15) is 11.6 Å². The molecule has 0 fully saturated rings. The van der Waals surface area contributed by atoms with Crippen molar-refractivity contribution in [1.29, 1.82) is 0 Å². The second-order valence-corrected chi connectivity index (χ2v) is 3.46. The minimum absolute atomic E-state index is 0.182. The van der Waals surface area contributed by atoms with E-state index in [2.05, 4.69) is 21.2 Å². The number of halogens is 2. The quantitative estimate of drug-likeness (QED) is 0.844. The Morgan fingerprint density at radius 3 is 2.42 bits per heavy atom. The van der Waals surface area contributed by atoms with E-state index in [0.29, 0.717) is 0 Å². The van der Waals surface area contributed by atoms with E-state index < -0.39 is 0 Å². The van der Waals surface area contributed by atoms with Crippen molar-refractivity contribution in [3.63, 3.8) is 0 Å². The van der Waals surface area contributed by atoms with Gasteiger partial charge >= 0.3 is 0 Å². The van der Waals surface area contributed by atoms with Crippen molar-refractivity contribution >= 4 is 15.9 Å². The van der Waals surface area contributed by atoms with E-state index in [0.717, 1.165) is 10.0 Å². The highest BCUT2D eigenvalue weighted by Crippen LogP contribution is 2.16. The molecule has 0 aromatic heterocycles. The van der Waals surface area contributed by atoms with Crippen molar-refractivity contribution in [3.8, 4) is 0 Å². The monoisotopic (exact) mass is 231 g/mol. The molecule has 0 amide bonds. The molecule has 12 heavy (non-hydrogen) atoms. The lowest BCUT2D eigenvalue weighted by Gasteiger charge is -2.11. The van der Waals surface area contributed by atoms with Crippen LogP contribution in [-0.4, -0.2) is 13.7 Å². The second-order valence-electron chi connectivity index (χ2n) is 2.55. The molecule has 1 aromatic carbocycles. The molecule has 1 atom stereocenters. The van der Waals surface area contributed by atoms with Gasteiger partial charge in [0.2, 0.25) is 0 Å². The van der Waals surface area contributed by atoms with Gasteiger partial charge in [0.1, 0.15) is 6.67 Å². The van der Waals surface area contributed by atoms with Crippen LogP contribution in [0.5, 0.6) is 0 Å². The summed E-state index contributed by atoms with van der Waals surface area (Å²) in [7, 11) is 1.76. The van der Waals surface area contributed by atoms with Gasteiger partial charge in [0, 0.05) is 4.47 Å². The van der Waals surface area contributed by atoms with Crippen LogP contribution in [0.15, 0.2) is 28.7 Å². The lowest BCUT2D eigenvalue weighted by atomic mass is 10.1. The van der Waals surface area contributed by atoms with Gasteiger partial charge in [-0.1, -0.05) is 28.1 Å². The van der Waals surface area contributed by atoms with Gasteiger partial charge in [0.15, 0.2) is 0 Å². The summed E-state index contributed by atoms with van der Waals surface area (Å²) in [4.78, 5) is 0. The molecule has 0 bridgehead atoms. The maximum absolute atomic E-state index is 12.4. The Morgan fingerprint density at radius 2 is 2.00 bits per heavy atom. The van der Waals surface area contributed by atoms with Crippen LogP contribution in [0.3, 0.4) is 0 Å². The van der Waals surface area contributed by atoms with Gasteiger partial charge in [-0.2, -0.15) is 0 Å². The molecule has 66 valence electrons. The molecule has 1 rings (SSSR count). The fourth-order valence-electron chi connectivity index (χ4n) is 1.03. The van der Waals surface area contributed by atoms with Crippen LogP contribution in [-0.2, 0) is 0 Å². The Labute approximate surface area is 80.1 Å². The zero-order valence-electron chi connectivity index (χ0n) is 6.85. The molecular formula is C9H11BrFN. The minimum atomic E-state index is -0.377. The van der Waals surface area contributed by atoms with E-state index in [1.165, 1.54) is 0 Å². The fraction of sp³-hybridized carbons (Fsp3) is 0.333. The van der Waals surface area contributed by atoms with E-state index >= 15 is 0 Å². The highest BCUT2D eigenvalue weighted by atomic mass is 79.9. The molecule has 3 heteroatoms. The number of alkyl halides is 1. The first-order valence-electron chi connectivity index (χ1n) is 3.76. The van der Waals surface area contributed by atoms with Crippen LogP contribution < -0.4 is 5.32 Å². The van der Waals surface area contributed by atoms with Crippen LogP contribution in [0.4, 0.5) is 4.39 Å². The van der Waals surface area contributed by atoms with Crippen LogP contribution in [0.2, 0.25) is 0 Å². The zero-order chi connectivity index (χ0) is 8.97. The molecule has 0 heterocycles. The van der Waals surface area contributed by atoms with Crippen molar-refractivity contribution in [2.24, 2.45) is 0 Å². The van der Waals surface area contributed by atoms with E-state index in [1.807, 2.05) is 24.3 Å². The fourth-order valence-corrected chi connectivity index (χ4v) is 1.29. The van der Waals surface area contributed by atoms with Crippen LogP contribution in [0, 0.1) is 0 Å².